The van der Waals surface area contributed by atoms with Crippen molar-refractivity contribution in [3.63, 3.8) is 0 Å². The number of benzene rings is 7. The van der Waals surface area contributed by atoms with Crippen LogP contribution < -0.4 is 0 Å². The minimum Gasteiger partial charge on any atom is -0.456 e. The number of hydrogen-bond donors (Lipinski definition) is 0. The lowest BCUT2D eigenvalue weighted by Gasteiger charge is -2.09. The smallest absolute Gasteiger partial charge is 0.142 e. The summed E-state index contributed by atoms with van der Waals surface area (Å²) < 4.78 is 18.0. The van der Waals surface area contributed by atoms with Crippen molar-refractivity contribution >= 4 is 87.5 Å². The second-order valence-corrected chi connectivity index (χ2v) is 13.0. The van der Waals surface area contributed by atoms with Crippen LogP contribution in [0.15, 0.2) is 142 Å². The van der Waals surface area contributed by atoms with E-state index in [1.165, 1.54) is 49.2 Å². The highest BCUT2D eigenvalue weighted by molar-refractivity contribution is 6.20. The molecule has 0 amide bonds. The van der Waals surface area contributed by atoms with Crippen molar-refractivity contribution in [3.8, 4) is 11.4 Å². The van der Waals surface area contributed by atoms with Crippen LogP contribution in [0.2, 0.25) is 0 Å². The Morgan fingerprint density at radius 1 is 0.375 bits per heavy atom. The fourth-order valence-electron chi connectivity index (χ4n) is 8.35. The summed E-state index contributed by atoms with van der Waals surface area (Å²) in [6.45, 7) is 4.34. The zero-order valence-electron chi connectivity index (χ0n) is 26.4. The number of furan rings is 2. The molecule has 4 heterocycles. The first-order chi connectivity index (χ1) is 23.7. The Morgan fingerprint density at radius 2 is 0.729 bits per heavy atom. The normalized spacial score (nSPS) is 12.4. The second-order valence-electron chi connectivity index (χ2n) is 13.0. The van der Waals surface area contributed by atoms with Crippen LogP contribution in [0.4, 0.5) is 0 Å². The van der Waals surface area contributed by atoms with Gasteiger partial charge in [-0.25, -0.2) is 0 Å². The number of aromatic nitrogens is 2. The average molecular weight is 617 g/mol. The first-order valence-electron chi connectivity index (χ1n) is 16.4. The Kier molecular flexibility index (Phi) is 4.95. The van der Waals surface area contributed by atoms with Crippen LogP contribution in [0.3, 0.4) is 0 Å². The molecule has 0 unspecified atom stereocenters. The van der Waals surface area contributed by atoms with Crippen LogP contribution in [0.5, 0.6) is 0 Å². The molecule has 0 saturated heterocycles. The van der Waals surface area contributed by atoms with Gasteiger partial charge >= 0.3 is 0 Å². The van der Waals surface area contributed by atoms with E-state index in [1.807, 2.05) is 0 Å². The Labute approximate surface area is 274 Å². The summed E-state index contributed by atoms with van der Waals surface area (Å²) >= 11 is 0. The first kappa shape index (κ1) is 25.9. The second kappa shape index (κ2) is 9.18. The molecule has 0 saturated carbocycles. The number of aryl methyl sites for hydroxylation is 2. The van der Waals surface area contributed by atoms with Crippen LogP contribution in [-0.2, 0) is 0 Å². The van der Waals surface area contributed by atoms with Crippen LogP contribution in [0, 0.1) is 13.8 Å². The Bertz CT molecular complexity index is 2830. The molecule has 4 nitrogen and oxygen atoms in total. The predicted molar refractivity (Wildman–Crippen MR) is 199 cm³/mol. The van der Waals surface area contributed by atoms with E-state index in [0.29, 0.717) is 0 Å². The lowest BCUT2D eigenvalue weighted by atomic mass is 9.98. The maximum absolute atomic E-state index is 6.62. The number of fused-ring (bicyclic) bond motifs is 12. The molecule has 0 aliphatic carbocycles. The topological polar surface area (TPSA) is 36.1 Å². The van der Waals surface area contributed by atoms with Gasteiger partial charge in [0, 0.05) is 60.0 Å². The van der Waals surface area contributed by atoms with Gasteiger partial charge < -0.3 is 18.0 Å². The van der Waals surface area contributed by atoms with Crippen molar-refractivity contribution < 1.29 is 8.83 Å². The van der Waals surface area contributed by atoms with E-state index in [1.54, 1.807) is 0 Å². The summed E-state index contributed by atoms with van der Waals surface area (Å²) in [5.74, 6) is 0. The summed E-state index contributed by atoms with van der Waals surface area (Å²) in [6.07, 6.45) is 0. The van der Waals surface area contributed by atoms with Gasteiger partial charge in [-0.2, -0.15) is 0 Å². The predicted octanol–water partition coefficient (Wildman–Crippen LogP) is 12.3. The summed E-state index contributed by atoms with van der Waals surface area (Å²) in [6, 6.07) is 47.8. The molecule has 4 heteroatoms. The van der Waals surface area contributed by atoms with Crippen molar-refractivity contribution in [1.82, 2.24) is 9.13 Å². The maximum atomic E-state index is 6.62. The molecule has 0 N–H and O–H groups in total. The lowest BCUT2D eigenvalue weighted by Crippen LogP contribution is -1.93. The molecule has 0 aliphatic heterocycles. The maximum Gasteiger partial charge on any atom is 0.142 e. The van der Waals surface area contributed by atoms with Crippen LogP contribution in [-0.4, -0.2) is 9.13 Å². The van der Waals surface area contributed by atoms with E-state index in [0.717, 1.165) is 60.8 Å². The van der Waals surface area contributed by atoms with E-state index in [2.05, 4.69) is 156 Å². The number of rotatable bonds is 2. The molecule has 0 radical (unpaired) electrons. The van der Waals surface area contributed by atoms with Crippen LogP contribution in [0.1, 0.15) is 11.1 Å². The molecule has 0 atom stereocenters. The van der Waals surface area contributed by atoms with Gasteiger partial charge in [-0.15, -0.1) is 0 Å². The van der Waals surface area contributed by atoms with Crippen molar-refractivity contribution in [1.29, 1.82) is 0 Å². The highest BCUT2D eigenvalue weighted by Crippen LogP contribution is 2.44. The largest absolute Gasteiger partial charge is 0.456 e. The van der Waals surface area contributed by atoms with Crippen molar-refractivity contribution in [2.75, 3.05) is 0 Å². The minimum absolute atomic E-state index is 0.878. The third-order valence-corrected chi connectivity index (χ3v) is 10.5. The summed E-state index contributed by atoms with van der Waals surface area (Å²) in [5, 5.41) is 9.52. The summed E-state index contributed by atoms with van der Waals surface area (Å²) in [5.41, 5.74) is 12.7. The van der Waals surface area contributed by atoms with E-state index >= 15 is 0 Å². The van der Waals surface area contributed by atoms with Crippen LogP contribution >= 0.6 is 0 Å². The molecule has 0 aliphatic rings. The Hall–Kier alpha value is -6.26. The molecule has 0 fully saturated rings. The Morgan fingerprint density at radius 3 is 1.10 bits per heavy atom. The van der Waals surface area contributed by atoms with E-state index in [4.69, 9.17) is 8.83 Å². The van der Waals surface area contributed by atoms with Crippen molar-refractivity contribution in [2.45, 2.75) is 13.8 Å². The van der Waals surface area contributed by atoms with E-state index < -0.39 is 0 Å². The quantitative estimate of drug-likeness (QED) is 0.194. The average Bonchev–Trinajstić information content (AvgIpc) is 3.88. The highest BCUT2D eigenvalue weighted by Gasteiger charge is 2.23. The van der Waals surface area contributed by atoms with Gasteiger partial charge in [0.15, 0.2) is 0 Å². The lowest BCUT2D eigenvalue weighted by molar-refractivity contribution is 0.650. The monoisotopic (exact) mass is 616 g/mol. The van der Waals surface area contributed by atoms with Gasteiger partial charge in [-0.05, 0) is 80.1 Å². The van der Waals surface area contributed by atoms with Gasteiger partial charge in [0.2, 0.25) is 0 Å². The zero-order valence-corrected chi connectivity index (χ0v) is 26.4. The molecule has 48 heavy (non-hydrogen) atoms. The highest BCUT2D eigenvalue weighted by atomic mass is 16.3. The Balaban J connectivity index is 1.20. The van der Waals surface area contributed by atoms with Crippen molar-refractivity contribution in [3.05, 3.63) is 145 Å². The molecule has 11 aromatic rings. The fourth-order valence-corrected chi connectivity index (χ4v) is 8.35. The third-order valence-electron chi connectivity index (χ3n) is 10.5. The van der Waals surface area contributed by atoms with E-state index in [-0.39, 0.29) is 0 Å². The van der Waals surface area contributed by atoms with Gasteiger partial charge in [0.25, 0.3) is 0 Å². The molecule has 0 spiro atoms. The summed E-state index contributed by atoms with van der Waals surface area (Å²) in [4.78, 5) is 0. The zero-order chi connectivity index (χ0) is 31.7. The third kappa shape index (κ3) is 3.24. The van der Waals surface area contributed by atoms with Gasteiger partial charge in [0.05, 0.1) is 22.1 Å². The SMILES string of the molecule is Cc1c2oc3ccc(-n4c5ccccc5c5ccccc54)cc3c2c(C)c2c1oc1ccc(-n3c4ccccc4c4ccccc43)cc12. The molecular formula is C44H28N2O2. The molecular weight excluding hydrogens is 588 g/mol. The molecule has 0 bridgehead atoms. The van der Waals surface area contributed by atoms with Gasteiger partial charge in [0.1, 0.15) is 22.3 Å². The number of hydrogen-bond acceptors (Lipinski definition) is 2. The van der Waals surface area contributed by atoms with Gasteiger partial charge in [-0.1, -0.05) is 72.8 Å². The van der Waals surface area contributed by atoms with Crippen LogP contribution in [0.25, 0.3) is 98.9 Å². The molecule has 7 aromatic carbocycles. The standard InChI is InChI=1S/C44H28N2O2/c1-25-41-33-23-27(45-35-15-7-3-11-29(35)30-12-4-8-16-36(30)45)19-21-39(33)47-43(41)26(2)44-42(25)34-24-28(20-22-40(34)48-44)46-37-17-9-5-13-31(37)32-14-6-10-18-38(32)46/h3-24H,1-2H3. The first-order valence-corrected chi connectivity index (χ1v) is 16.4. The summed E-state index contributed by atoms with van der Waals surface area (Å²) in [7, 11) is 0. The van der Waals surface area contributed by atoms with Gasteiger partial charge in [-0.3, -0.25) is 0 Å². The fraction of sp³-hybridized carbons (Fsp3) is 0.0455. The number of nitrogens with zero attached hydrogens (tertiary/aromatic N) is 2. The number of para-hydroxylation sites is 4. The molecule has 226 valence electrons. The minimum atomic E-state index is 0.878. The molecule has 11 rings (SSSR count). The molecule has 4 aromatic heterocycles. The van der Waals surface area contributed by atoms with Crippen molar-refractivity contribution in [2.24, 2.45) is 0 Å². The van der Waals surface area contributed by atoms with E-state index in [9.17, 15) is 0 Å².